The number of nitro groups is 1. The molecule has 1 aromatic carbocycles. The largest absolute Gasteiger partial charge is 0.362 e. The van der Waals surface area contributed by atoms with E-state index in [-0.39, 0.29) is 11.6 Å². The molecule has 1 fully saturated rings. The minimum absolute atomic E-state index is 0.0787. The van der Waals surface area contributed by atoms with Crippen molar-refractivity contribution < 1.29 is 9.72 Å². The van der Waals surface area contributed by atoms with Crippen molar-refractivity contribution in [3.8, 4) is 0 Å². The SMILES string of the molecule is Cc1cnc(NC2CCC(CNC(=O)c3cccc([N+](=O)[O-])c3)CC2)nc1N(C)C. The number of carbonyl (C=O) groups excluding carboxylic acids is 1. The van der Waals surface area contributed by atoms with Gasteiger partial charge in [-0.3, -0.25) is 14.9 Å². The van der Waals surface area contributed by atoms with Gasteiger partial charge in [0.15, 0.2) is 0 Å². The molecule has 0 atom stereocenters. The van der Waals surface area contributed by atoms with Crippen LogP contribution >= 0.6 is 0 Å². The molecule has 0 spiro atoms. The molecule has 1 aliphatic carbocycles. The lowest BCUT2D eigenvalue weighted by Gasteiger charge is -2.29. The van der Waals surface area contributed by atoms with Crippen LogP contribution in [0.1, 0.15) is 41.6 Å². The Balaban J connectivity index is 1.47. The van der Waals surface area contributed by atoms with E-state index in [1.165, 1.54) is 18.2 Å². The molecule has 9 heteroatoms. The summed E-state index contributed by atoms with van der Waals surface area (Å²) in [6.45, 7) is 2.56. The van der Waals surface area contributed by atoms with Crippen LogP contribution in [0.3, 0.4) is 0 Å². The molecule has 0 bridgehead atoms. The molecule has 3 rings (SSSR count). The van der Waals surface area contributed by atoms with Crippen LogP contribution in [0.15, 0.2) is 30.5 Å². The maximum absolute atomic E-state index is 12.3. The van der Waals surface area contributed by atoms with Crippen LogP contribution in [0.25, 0.3) is 0 Å². The second-order valence-electron chi connectivity index (χ2n) is 7.97. The standard InChI is InChI=1S/C21H28N6O3/c1-14-12-23-21(25-19(14)26(2)3)24-17-9-7-15(8-10-17)13-22-20(28)16-5-4-6-18(11-16)27(29)30/h4-6,11-12,15,17H,7-10,13H2,1-3H3,(H,22,28)(H,23,24,25). The van der Waals surface area contributed by atoms with Gasteiger partial charge in [-0.1, -0.05) is 6.07 Å². The van der Waals surface area contributed by atoms with Gasteiger partial charge in [0.2, 0.25) is 5.95 Å². The molecule has 0 aliphatic heterocycles. The molecule has 1 aliphatic rings. The van der Waals surface area contributed by atoms with Crippen LogP contribution in [-0.2, 0) is 0 Å². The molecule has 160 valence electrons. The van der Waals surface area contributed by atoms with Crippen molar-refractivity contribution in [1.82, 2.24) is 15.3 Å². The number of nitrogens with zero attached hydrogens (tertiary/aromatic N) is 4. The Bertz CT molecular complexity index is 909. The number of anilines is 2. The highest BCUT2D eigenvalue weighted by Gasteiger charge is 2.23. The normalized spacial score (nSPS) is 18.5. The summed E-state index contributed by atoms with van der Waals surface area (Å²) in [5, 5.41) is 17.2. The Morgan fingerprint density at radius 3 is 2.67 bits per heavy atom. The Hall–Kier alpha value is -3.23. The molecule has 0 saturated heterocycles. The average Bonchev–Trinajstić information content (AvgIpc) is 2.74. The summed E-state index contributed by atoms with van der Waals surface area (Å²) < 4.78 is 0. The lowest BCUT2D eigenvalue weighted by atomic mass is 9.86. The topological polar surface area (TPSA) is 113 Å². The smallest absolute Gasteiger partial charge is 0.270 e. The Morgan fingerprint density at radius 2 is 2.00 bits per heavy atom. The fourth-order valence-corrected chi connectivity index (χ4v) is 3.75. The number of nitro benzene ring substituents is 1. The summed E-state index contributed by atoms with van der Waals surface area (Å²) in [4.78, 5) is 33.7. The summed E-state index contributed by atoms with van der Waals surface area (Å²) in [6.07, 6.45) is 5.76. The zero-order valence-corrected chi connectivity index (χ0v) is 17.6. The van der Waals surface area contributed by atoms with Gasteiger partial charge in [-0.15, -0.1) is 0 Å². The van der Waals surface area contributed by atoms with Crippen LogP contribution < -0.4 is 15.5 Å². The quantitative estimate of drug-likeness (QED) is 0.530. The van der Waals surface area contributed by atoms with E-state index < -0.39 is 4.92 Å². The van der Waals surface area contributed by atoms with E-state index in [1.807, 2.05) is 32.1 Å². The molecular weight excluding hydrogens is 384 g/mol. The first-order valence-corrected chi connectivity index (χ1v) is 10.1. The van der Waals surface area contributed by atoms with Gasteiger partial charge in [0.25, 0.3) is 11.6 Å². The summed E-state index contributed by atoms with van der Waals surface area (Å²) >= 11 is 0. The molecule has 0 radical (unpaired) electrons. The van der Waals surface area contributed by atoms with E-state index in [0.717, 1.165) is 37.1 Å². The van der Waals surface area contributed by atoms with E-state index in [0.29, 0.717) is 30.0 Å². The van der Waals surface area contributed by atoms with Gasteiger partial charge in [0, 0.05) is 56.1 Å². The Kier molecular flexibility index (Phi) is 6.81. The number of carbonyl (C=O) groups is 1. The molecule has 1 amide bonds. The summed E-state index contributed by atoms with van der Waals surface area (Å²) in [5.41, 5.74) is 1.27. The van der Waals surface area contributed by atoms with Crippen LogP contribution in [0.2, 0.25) is 0 Å². The zero-order chi connectivity index (χ0) is 21.7. The number of rotatable bonds is 7. The Labute approximate surface area is 176 Å². The van der Waals surface area contributed by atoms with E-state index in [2.05, 4.69) is 20.6 Å². The van der Waals surface area contributed by atoms with E-state index in [4.69, 9.17) is 0 Å². The number of nitrogens with one attached hydrogen (secondary N) is 2. The number of hydrogen-bond donors (Lipinski definition) is 2. The summed E-state index contributed by atoms with van der Waals surface area (Å²) in [5.74, 6) is 1.67. The molecule has 1 heterocycles. The molecule has 1 saturated carbocycles. The van der Waals surface area contributed by atoms with Crippen molar-refractivity contribution in [1.29, 1.82) is 0 Å². The summed E-state index contributed by atoms with van der Waals surface area (Å²) in [7, 11) is 3.93. The van der Waals surface area contributed by atoms with Gasteiger partial charge in [0.1, 0.15) is 5.82 Å². The first-order valence-electron chi connectivity index (χ1n) is 10.1. The lowest BCUT2D eigenvalue weighted by Crippen LogP contribution is -2.34. The molecular formula is C21H28N6O3. The molecule has 1 aromatic heterocycles. The van der Waals surface area contributed by atoms with Crippen LogP contribution in [0.4, 0.5) is 17.5 Å². The fraction of sp³-hybridized carbons (Fsp3) is 0.476. The van der Waals surface area contributed by atoms with Gasteiger partial charge < -0.3 is 15.5 Å². The van der Waals surface area contributed by atoms with Gasteiger partial charge in [-0.25, -0.2) is 4.98 Å². The molecule has 30 heavy (non-hydrogen) atoms. The summed E-state index contributed by atoms with van der Waals surface area (Å²) in [6, 6.07) is 6.11. The highest BCUT2D eigenvalue weighted by molar-refractivity contribution is 5.94. The van der Waals surface area contributed by atoms with E-state index in [1.54, 1.807) is 6.07 Å². The highest BCUT2D eigenvalue weighted by Crippen LogP contribution is 2.26. The third-order valence-electron chi connectivity index (χ3n) is 5.42. The van der Waals surface area contributed by atoms with Crippen molar-refractivity contribution in [3.63, 3.8) is 0 Å². The molecule has 9 nitrogen and oxygen atoms in total. The van der Waals surface area contributed by atoms with Gasteiger partial charge >= 0.3 is 0 Å². The maximum Gasteiger partial charge on any atom is 0.270 e. The van der Waals surface area contributed by atoms with Crippen molar-refractivity contribution in [2.45, 2.75) is 38.6 Å². The van der Waals surface area contributed by atoms with E-state index >= 15 is 0 Å². The number of aromatic nitrogens is 2. The minimum Gasteiger partial charge on any atom is -0.362 e. The average molecular weight is 412 g/mol. The maximum atomic E-state index is 12.3. The highest BCUT2D eigenvalue weighted by atomic mass is 16.6. The number of hydrogen-bond acceptors (Lipinski definition) is 7. The number of benzene rings is 1. The van der Waals surface area contributed by atoms with Crippen molar-refractivity contribution in [3.05, 3.63) is 51.7 Å². The van der Waals surface area contributed by atoms with Crippen LogP contribution in [-0.4, -0.2) is 47.5 Å². The first-order chi connectivity index (χ1) is 14.3. The second-order valence-corrected chi connectivity index (χ2v) is 7.97. The third kappa shape index (κ3) is 5.43. The number of aryl methyl sites for hydroxylation is 1. The lowest BCUT2D eigenvalue weighted by molar-refractivity contribution is -0.384. The zero-order valence-electron chi connectivity index (χ0n) is 17.6. The van der Waals surface area contributed by atoms with Crippen LogP contribution in [0, 0.1) is 23.0 Å². The predicted octanol–water partition coefficient (Wildman–Crippen LogP) is 3.16. The van der Waals surface area contributed by atoms with Gasteiger partial charge in [-0.05, 0) is 44.6 Å². The van der Waals surface area contributed by atoms with E-state index in [9.17, 15) is 14.9 Å². The molecule has 2 N–H and O–H groups in total. The predicted molar refractivity (Wildman–Crippen MR) is 116 cm³/mol. The van der Waals surface area contributed by atoms with Gasteiger partial charge in [-0.2, -0.15) is 4.98 Å². The first kappa shape index (κ1) is 21.5. The van der Waals surface area contributed by atoms with Crippen molar-refractivity contribution >= 4 is 23.4 Å². The fourth-order valence-electron chi connectivity index (χ4n) is 3.75. The van der Waals surface area contributed by atoms with Crippen molar-refractivity contribution in [2.75, 3.05) is 30.9 Å². The number of non-ortho nitro benzene ring substituents is 1. The molecule has 2 aromatic rings. The van der Waals surface area contributed by atoms with Gasteiger partial charge in [0.05, 0.1) is 4.92 Å². The number of amides is 1. The molecule has 0 unspecified atom stereocenters. The van der Waals surface area contributed by atoms with Crippen molar-refractivity contribution in [2.24, 2.45) is 5.92 Å². The van der Waals surface area contributed by atoms with Crippen LogP contribution in [0.5, 0.6) is 0 Å². The minimum atomic E-state index is -0.496. The Morgan fingerprint density at radius 1 is 1.27 bits per heavy atom. The third-order valence-corrected chi connectivity index (χ3v) is 5.42. The monoisotopic (exact) mass is 412 g/mol. The second kappa shape index (κ2) is 9.51.